The summed E-state index contributed by atoms with van der Waals surface area (Å²) in [6.07, 6.45) is 1.13. The van der Waals surface area contributed by atoms with Crippen LogP contribution in [0, 0.1) is 48.5 Å². The van der Waals surface area contributed by atoms with E-state index >= 15 is 0 Å². The SMILES string of the molecule is CCC(COC)OC(=O)C1=C(C)/C(=C(/c2[n-]c(C)c(C(=O)OC(CC)COC)c2C)c2c(C)cc(C)cc2C)N=C1C.CCC(COC)OC(=O)C1=C(C)/C(=C(\c2ccccc2)c2[n-]c(C)c(C(=O)OC(CC)COC)c2C)N=C1C.[Co+2]. The van der Waals surface area contributed by atoms with E-state index in [9.17, 15) is 19.2 Å². The van der Waals surface area contributed by atoms with Crippen LogP contribution in [0.3, 0.4) is 0 Å². The van der Waals surface area contributed by atoms with Crippen LogP contribution in [0.4, 0.5) is 0 Å². The first-order valence-electron chi connectivity index (χ1n) is 27.8. The van der Waals surface area contributed by atoms with Crippen molar-refractivity contribution in [2.45, 2.75) is 154 Å². The Bertz CT molecular complexity index is 3130. The number of carbonyl (C=O) groups is 4. The van der Waals surface area contributed by atoms with Gasteiger partial charge in [-0.3, -0.25) is 9.98 Å². The molecule has 2 aromatic carbocycles. The number of methoxy groups -OCH3 is 4. The first-order valence-corrected chi connectivity index (χ1v) is 27.8. The van der Waals surface area contributed by atoms with E-state index in [1.807, 2.05) is 99.6 Å². The molecule has 16 nitrogen and oxygen atoms in total. The van der Waals surface area contributed by atoms with Crippen LogP contribution < -0.4 is 9.97 Å². The Kier molecular flexibility index (Phi) is 25.9. The number of benzene rings is 2. The van der Waals surface area contributed by atoms with Gasteiger partial charge in [-0.15, -0.1) is 22.8 Å². The second-order valence-corrected chi connectivity index (χ2v) is 20.6. The van der Waals surface area contributed by atoms with Crippen molar-refractivity contribution >= 4 is 46.4 Å². The number of carbonyl (C=O) groups excluding carboxylic acids is 4. The van der Waals surface area contributed by atoms with E-state index in [2.05, 4.69) is 32.9 Å². The number of hydrogen-bond acceptors (Lipinski definition) is 14. The number of aryl methyl sites for hydroxylation is 5. The Balaban J connectivity index is 0.000000349. The molecule has 0 bridgehead atoms. The minimum absolute atomic E-state index is 0. The summed E-state index contributed by atoms with van der Waals surface area (Å²) in [5.74, 6) is -1.73. The van der Waals surface area contributed by atoms with Gasteiger partial charge in [0.05, 0.1) is 60.4 Å². The zero-order valence-corrected chi connectivity index (χ0v) is 52.6. The van der Waals surface area contributed by atoms with E-state index in [4.69, 9.17) is 57.8 Å². The maximum atomic E-state index is 13.4. The summed E-state index contributed by atoms with van der Waals surface area (Å²) in [5, 5.41) is 0. The Morgan fingerprint density at radius 2 is 0.793 bits per heavy atom. The maximum Gasteiger partial charge on any atom is 2.00 e. The van der Waals surface area contributed by atoms with Gasteiger partial charge in [0.2, 0.25) is 0 Å². The Hall–Kier alpha value is -6.47. The van der Waals surface area contributed by atoms with Crippen LogP contribution in [0.25, 0.3) is 11.1 Å². The number of esters is 4. The summed E-state index contributed by atoms with van der Waals surface area (Å²) in [4.78, 5) is 72.8. The van der Waals surface area contributed by atoms with Crippen LogP contribution in [0.15, 0.2) is 86.1 Å². The summed E-state index contributed by atoms with van der Waals surface area (Å²) in [6, 6.07) is 14.0. The predicted octanol–water partition coefficient (Wildman–Crippen LogP) is 11.6. The molecular weight excluding hydrogens is 1090 g/mol. The number of aromatic nitrogens is 2. The normalized spacial score (nSPS) is 15.8. The van der Waals surface area contributed by atoms with Gasteiger partial charge < -0.3 is 47.9 Å². The molecule has 4 aromatic rings. The number of ether oxygens (including phenoxy) is 8. The van der Waals surface area contributed by atoms with Crippen molar-refractivity contribution in [2.24, 2.45) is 9.98 Å². The van der Waals surface area contributed by atoms with Crippen molar-refractivity contribution in [3.63, 3.8) is 0 Å². The summed E-state index contributed by atoms with van der Waals surface area (Å²) in [5.41, 5.74) is 15.9. The van der Waals surface area contributed by atoms with Gasteiger partial charge in [0, 0.05) is 39.6 Å². The molecule has 17 heteroatoms. The van der Waals surface area contributed by atoms with Gasteiger partial charge in [-0.25, -0.2) is 19.2 Å². The average molecular weight is 1170 g/mol. The second kappa shape index (κ2) is 31.3. The molecule has 4 heterocycles. The van der Waals surface area contributed by atoms with Gasteiger partial charge in [0.1, 0.15) is 24.4 Å². The largest absolute Gasteiger partial charge is 2.00 e. The number of nitrogens with zero attached hydrogens (tertiary/aromatic N) is 4. The van der Waals surface area contributed by atoms with Crippen LogP contribution in [-0.4, -0.2) is 115 Å². The minimum Gasteiger partial charge on any atom is -0.660 e. The zero-order valence-electron chi connectivity index (χ0n) is 51.5. The van der Waals surface area contributed by atoms with Crippen molar-refractivity contribution in [1.82, 2.24) is 9.97 Å². The first-order chi connectivity index (χ1) is 38.6. The summed E-state index contributed by atoms with van der Waals surface area (Å²) in [7, 11) is 6.34. The molecule has 0 aliphatic carbocycles. The third-order valence-corrected chi connectivity index (χ3v) is 14.6. The van der Waals surface area contributed by atoms with Gasteiger partial charge in [0.25, 0.3) is 0 Å². The van der Waals surface area contributed by atoms with Crippen molar-refractivity contribution in [3.8, 4) is 0 Å². The monoisotopic (exact) mass is 1170 g/mol. The Labute approximate surface area is 495 Å². The van der Waals surface area contributed by atoms with Crippen LogP contribution in [0.1, 0.15) is 164 Å². The molecule has 4 unspecified atom stereocenters. The molecule has 2 aromatic heterocycles. The molecule has 0 fully saturated rings. The van der Waals surface area contributed by atoms with E-state index in [0.29, 0.717) is 142 Å². The molecule has 4 atom stereocenters. The third-order valence-electron chi connectivity index (χ3n) is 14.6. The average Bonchev–Trinajstić information content (AvgIpc) is 4.06. The van der Waals surface area contributed by atoms with Gasteiger partial charge in [-0.2, -0.15) is 0 Å². The standard InChI is InChI=1S/C34H46N2O6.C31H40N2O6.Co/c1-12-25(16-39-10)41-33(37)28-21(6)31(35-23(28)8)30(27-19(4)14-18(3)15-20(27)5)32-22(7)29(24(9)36-32)34(38)42-26(13-2)17-40-11;1-9-23(16-36-7)38-30(34)25-18(3)28(32-20(25)5)27(22-14-12-11-13-15-22)29-19(4)26(21(6)33-29)31(35)39-24(10-2)17-37-8;/h14-15,25-26H,12-13,16-17H2,1-11H3,(H,35,36,37,38);11-15,23-24H,9-10,16-17H2,1-8H3,(H,32,33,34,35);/q;;+2/p-2. The van der Waals surface area contributed by atoms with E-state index in [0.717, 1.165) is 39.0 Å². The fraction of sp³-hybridized carbons (Fsp3) is 0.477. The fourth-order valence-corrected chi connectivity index (χ4v) is 10.4. The number of rotatable bonds is 24. The minimum atomic E-state index is -0.434. The molecule has 0 amide bonds. The number of allylic oxidation sites excluding steroid dienone is 2. The summed E-state index contributed by atoms with van der Waals surface area (Å²) >= 11 is 0. The molecular formula is C65H84CoN4O12. The van der Waals surface area contributed by atoms with Gasteiger partial charge in [0.15, 0.2) is 0 Å². The molecule has 82 heavy (non-hydrogen) atoms. The molecule has 2 aliphatic rings. The molecule has 0 saturated carbocycles. The molecule has 0 saturated heterocycles. The van der Waals surface area contributed by atoms with Gasteiger partial charge >= 0.3 is 40.7 Å². The van der Waals surface area contributed by atoms with Crippen molar-refractivity contribution < 1.29 is 73.9 Å². The van der Waals surface area contributed by atoms with E-state index in [1.165, 1.54) is 0 Å². The fourth-order valence-electron chi connectivity index (χ4n) is 10.4. The Morgan fingerprint density at radius 1 is 0.463 bits per heavy atom. The van der Waals surface area contributed by atoms with Crippen LogP contribution in [0.5, 0.6) is 0 Å². The zero-order chi connectivity index (χ0) is 60.0. The summed E-state index contributed by atoms with van der Waals surface area (Å²) in [6.45, 7) is 30.0. The second-order valence-electron chi connectivity index (χ2n) is 20.6. The number of aliphatic imine (C=N–C) groups is 2. The van der Waals surface area contributed by atoms with Gasteiger partial charge in [-0.05, 0) is 133 Å². The topological polar surface area (TPSA) is 195 Å². The maximum absolute atomic E-state index is 13.4. The van der Waals surface area contributed by atoms with Crippen LogP contribution in [-0.2, 0) is 64.3 Å². The molecule has 2 aliphatic heterocycles. The van der Waals surface area contributed by atoms with Crippen molar-refractivity contribution in [2.75, 3.05) is 54.9 Å². The van der Waals surface area contributed by atoms with Gasteiger partial charge in [-0.1, -0.05) is 101 Å². The predicted molar refractivity (Wildman–Crippen MR) is 316 cm³/mol. The Morgan fingerprint density at radius 3 is 1.13 bits per heavy atom. The quantitative estimate of drug-likeness (QED) is 0.0475. The van der Waals surface area contributed by atoms with Crippen LogP contribution >= 0.6 is 0 Å². The smallest absolute Gasteiger partial charge is 0.660 e. The van der Waals surface area contributed by atoms with Crippen LogP contribution in [0.2, 0.25) is 0 Å². The molecule has 1 radical (unpaired) electrons. The molecule has 445 valence electrons. The molecule has 0 N–H and O–H groups in total. The number of hydrogen-bond donors (Lipinski definition) is 0. The van der Waals surface area contributed by atoms with Crippen molar-refractivity contribution in [3.05, 3.63) is 149 Å². The third kappa shape index (κ3) is 15.6. The van der Waals surface area contributed by atoms with Crippen molar-refractivity contribution in [1.29, 1.82) is 0 Å². The van der Waals surface area contributed by atoms with E-state index in [-0.39, 0.29) is 41.2 Å². The van der Waals surface area contributed by atoms with E-state index < -0.39 is 23.9 Å². The first kappa shape index (κ1) is 68.0. The molecule has 0 spiro atoms. The molecule has 6 rings (SSSR count). The summed E-state index contributed by atoms with van der Waals surface area (Å²) < 4.78 is 43.9. The van der Waals surface area contributed by atoms with E-state index in [1.54, 1.807) is 42.3 Å².